The summed E-state index contributed by atoms with van der Waals surface area (Å²) >= 11 is 0. The lowest BCUT2D eigenvalue weighted by Crippen LogP contribution is -2.07. The number of fused-ring (bicyclic) bond motifs is 1. The third-order valence-corrected chi connectivity index (χ3v) is 3.54. The zero-order valence-electron chi connectivity index (χ0n) is 13.9. The first kappa shape index (κ1) is 16.6. The Morgan fingerprint density at radius 1 is 1.24 bits per heavy atom. The van der Waals surface area contributed by atoms with Crippen molar-refractivity contribution in [2.45, 2.75) is 20.3 Å². The average Bonchev–Trinajstić information content (AvgIpc) is 2.60. The highest BCUT2D eigenvalue weighted by atomic mass is 16.6. The van der Waals surface area contributed by atoms with Crippen molar-refractivity contribution < 1.29 is 9.66 Å². The summed E-state index contributed by atoms with van der Waals surface area (Å²) in [4.78, 5) is 23.3. The fraction of sp³-hybridized carbons (Fsp3) is 0.235. The molecule has 0 atom stereocenters. The molecule has 0 saturated heterocycles. The Labute approximate surface area is 144 Å². The fourth-order valence-corrected chi connectivity index (χ4v) is 2.38. The second kappa shape index (κ2) is 7.08. The van der Waals surface area contributed by atoms with Crippen LogP contribution in [0.2, 0.25) is 0 Å². The highest BCUT2D eigenvalue weighted by Crippen LogP contribution is 2.36. The van der Waals surface area contributed by atoms with Gasteiger partial charge in [-0.1, -0.05) is 25.1 Å². The first-order chi connectivity index (χ1) is 12.1. The van der Waals surface area contributed by atoms with Gasteiger partial charge in [0.15, 0.2) is 5.75 Å². The van der Waals surface area contributed by atoms with Crippen LogP contribution in [0.1, 0.15) is 19.0 Å². The molecule has 0 bridgehead atoms. The maximum absolute atomic E-state index is 11.5. The molecule has 0 aliphatic heterocycles. The van der Waals surface area contributed by atoms with E-state index in [1.807, 2.05) is 32.0 Å². The van der Waals surface area contributed by atoms with Crippen LogP contribution in [0, 0.1) is 17.0 Å². The van der Waals surface area contributed by atoms with E-state index in [2.05, 4.69) is 20.3 Å². The lowest BCUT2D eigenvalue weighted by Gasteiger charge is -2.10. The summed E-state index contributed by atoms with van der Waals surface area (Å²) in [7, 11) is 0. The summed E-state index contributed by atoms with van der Waals surface area (Å²) in [5.41, 5.74) is 1.16. The third-order valence-electron chi connectivity index (χ3n) is 3.54. The van der Waals surface area contributed by atoms with E-state index in [0.29, 0.717) is 17.8 Å². The molecular weight excluding hydrogens is 322 g/mol. The van der Waals surface area contributed by atoms with Crippen molar-refractivity contribution in [1.82, 2.24) is 15.0 Å². The highest BCUT2D eigenvalue weighted by Gasteiger charge is 2.25. The van der Waals surface area contributed by atoms with Gasteiger partial charge in [-0.2, -0.15) is 4.98 Å². The maximum atomic E-state index is 11.5. The van der Waals surface area contributed by atoms with Gasteiger partial charge in [0.1, 0.15) is 11.8 Å². The summed E-state index contributed by atoms with van der Waals surface area (Å²) in [6.07, 6.45) is 2.05. The van der Waals surface area contributed by atoms with Gasteiger partial charge in [-0.3, -0.25) is 10.1 Å². The van der Waals surface area contributed by atoms with Crippen LogP contribution in [0.25, 0.3) is 10.9 Å². The molecule has 8 heteroatoms. The molecule has 0 fully saturated rings. The van der Waals surface area contributed by atoms with Crippen LogP contribution in [-0.4, -0.2) is 26.4 Å². The molecule has 2 heterocycles. The van der Waals surface area contributed by atoms with Crippen LogP contribution < -0.4 is 10.1 Å². The predicted molar refractivity (Wildman–Crippen MR) is 94.0 cm³/mol. The zero-order valence-corrected chi connectivity index (χ0v) is 13.9. The average molecular weight is 339 g/mol. The van der Waals surface area contributed by atoms with Gasteiger partial charge < -0.3 is 10.1 Å². The quantitative estimate of drug-likeness (QED) is 0.537. The number of ether oxygens (including phenoxy) is 1. The lowest BCUT2D eigenvalue weighted by molar-refractivity contribution is -0.385. The zero-order chi connectivity index (χ0) is 17.8. The van der Waals surface area contributed by atoms with Crippen LogP contribution in [-0.2, 0) is 0 Å². The van der Waals surface area contributed by atoms with Gasteiger partial charge in [0.2, 0.25) is 5.82 Å². The number of nitrogens with zero attached hydrogens (tertiary/aromatic N) is 4. The van der Waals surface area contributed by atoms with E-state index < -0.39 is 4.92 Å². The first-order valence-electron chi connectivity index (χ1n) is 7.87. The highest BCUT2D eigenvalue weighted by molar-refractivity contribution is 5.85. The summed E-state index contributed by atoms with van der Waals surface area (Å²) in [6, 6.07) is 9.23. The summed E-state index contributed by atoms with van der Waals surface area (Å²) in [5.74, 6) is 0.431. The monoisotopic (exact) mass is 339 g/mol. The number of pyridine rings is 1. The molecule has 3 rings (SSSR count). The Bertz CT molecular complexity index is 929. The molecule has 25 heavy (non-hydrogen) atoms. The Hall–Kier alpha value is -3.29. The van der Waals surface area contributed by atoms with Gasteiger partial charge in [0, 0.05) is 17.6 Å². The molecular formula is C17H17N5O3. The molecule has 0 unspecified atom stereocenters. The number of aromatic nitrogens is 3. The number of nitro groups is 1. The van der Waals surface area contributed by atoms with Crippen molar-refractivity contribution in [3.05, 3.63) is 52.5 Å². The Kier molecular flexibility index (Phi) is 4.69. The van der Waals surface area contributed by atoms with Gasteiger partial charge >= 0.3 is 11.6 Å². The number of nitrogens with one attached hydrogen (secondary N) is 1. The topological polar surface area (TPSA) is 103 Å². The molecule has 128 valence electrons. The number of anilines is 1. The minimum absolute atomic E-state index is 0.116. The van der Waals surface area contributed by atoms with Crippen molar-refractivity contribution in [2.24, 2.45) is 0 Å². The number of hydrogen-bond acceptors (Lipinski definition) is 7. The van der Waals surface area contributed by atoms with E-state index >= 15 is 0 Å². The largest absolute Gasteiger partial charge is 0.431 e. The minimum Gasteiger partial charge on any atom is -0.431 e. The van der Waals surface area contributed by atoms with Crippen molar-refractivity contribution in [2.75, 3.05) is 11.9 Å². The fourth-order valence-electron chi connectivity index (χ4n) is 2.38. The number of rotatable bonds is 6. The summed E-state index contributed by atoms with van der Waals surface area (Å²) in [6.45, 7) is 4.39. The number of aryl methyl sites for hydroxylation is 1. The molecule has 0 aliphatic rings. The van der Waals surface area contributed by atoms with Gasteiger partial charge in [-0.15, -0.1) is 0 Å². The second-order valence-corrected chi connectivity index (χ2v) is 5.44. The normalized spacial score (nSPS) is 10.6. The van der Waals surface area contributed by atoms with Crippen LogP contribution in [0.15, 0.2) is 36.7 Å². The van der Waals surface area contributed by atoms with E-state index in [4.69, 9.17) is 4.74 Å². The molecule has 0 spiro atoms. The van der Waals surface area contributed by atoms with Gasteiger partial charge in [0.25, 0.3) is 0 Å². The van der Waals surface area contributed by atoms with Crippen LogP contribution in [0.3, 0.4) is 0 Å². The SMILES string of the molecule is CCCNc1ncnc(Oc2cccc3ccc(C)nc23)c1[N+](=O)[O-]. The molecule has 1 aromatic carbocycles. The lowest BCUT2D eigenvalue weighted by atomic mass is 10.2. The summed E-state index contributed by atoms with van der Waals surface area (Å²) in [5, 5.41) is 15.3. The van der Waals surface area contributed by atoms with Crippen LogP contribution >= 0.6 is 0 Å². The third kappa shape index (κ3) is 3.47. The van der Waals surface area contributed by atoms with Crippen molar-refractivity contribution in [1.29, 1.82) is 0 Å². The summed E-state index contributed by atoms with van der Waals surface area (Å²) < 4.78 is 5.76. The van der Waals surface area contributed by atoms with Crippen LogP contribution in [0.4, 0.5) is 11.5 Å². The Morgan fingerprint density at radius 2 is 2.08 bits per heavy atom. The van der Waals surface area contributed by atoms with Crippen molar-refractivity contribution in [3.8, 4) is 11.6 Å². The molecule has 0 saturated carbocycles. The van der Waals surface area contributed by atoms with E-state index in [-0.39, 0.29) is 17.4 Å². The van der Waals surface area contributed by atoms with Crippen molar-refractivity contribution >= 4 is 22.4 Å². The van der Waals surface area contributed by atoms with E-state index in [9.17, 15) is 10.1 Å². The van der Waals surface area contributed by atoms with E-state index in [1.165, 1.54) is 6.33 Å². The molecule has 1 N–H and O–H groups in total. The number of benzene rings is 1. The smallest absolute Gasteiger partial charge is 0.373 e. The molecule has 0 amide bonds. The van der Waals surface area contributed by atoms with Crippen molar-refractivity contribution in [3.63, 3.8) is 0 Å². The minimum atomic E-state index is -0.545. The maximum Gasteiger partial charge on any atom is 0.373 e. The molecule has 8 nitrogen and oxygen atoms in total. The Morgan fingerprint density at radius 3 is 2.84 bits per heavy atom. The number of para-hydroxylation sites is 1. The molecule has 3 aromatic rings. The first-order valence-corrected chi connectivity index (χ1v) is 7.87. The van der Waals surface area contributed by atoms with E-state index in [1.54, 1.807) is 12.1 Å². The number of hydrogen-bond donors (Lipinski definition) is 1. The van der Waals surface area contributed by atoms with Crippen LogP contribution in [0.5, 0.6) is 11.6 Å². The molecule has 0 aliphatic carbocycles. The standard InChI is InChI=1S/C17H17N5O3/c1-3-9-18-16-15(22(23)24)17(20-10-19-16)25-13-6-4-5-12-8-7-11(2)21-14(12)13/h4-8,10H,3,9H2,1-2H3,(H,18,19,20). The van der Waals surface area contributed by atoms with Gasteiger partial charge in [0.05, 0.1) is 4.92 Å². The van der Waals surface area contributed by atoms with Gasteiger partial charge in [-0.05, 0) is 25.5 Å². The molecule has 2 aromatic heterocycles. The van der Waals surface area contributed by atoms with Gasteiger partial charge in [-0.25, -0.2) is 9.97 Å². The van der Waals surface area contributed by atoms with E-state index in [0.717, 1.165) is 17.5 Å². The Balaban J connectivity index is 2.06. The molecule has 0 radical (unpaired) electrons. The predicted octanol–water partition coefficient (Wildman–Crippen LogP) is 3.86. The second-order valence-electron chi connectivity index (χ2n) is 5.44.